The second-order valence-corrected chi connectivity index (χ2v) is 6.28. The number of benzene rings is 2. The largest absolute Gasteiger partial charge is 0.497 e. The van der Waals surface area contributed by atoms with Crippen molar-refractivity contribution >= 4 is 34.8 Å². The van der Waals surface area contributed by atoms with Crippen molar-refractivity contribution < 1.29 is 14.3 Å². The minimum atomic E-state index is -0.188. The van der Waals surface area contributed by atoms with E-state index in [0.717, 1.165) is 5.56 Å². The van der Waals surface area contributed by atoms with E-state index in [-0.39, 0.29) is 12.3 Å². The molecular formula is C20H19ClN4O3. The van der Waals surface area contributed by atoms with Gasteiger partial charge in [0, 0.05) is 11.1 Å². The number of amides is 1. The molecule has 0 unspecified atom stereocenters. The van der Waals surface area contributed by atoms with Gasteiger partial charge in [0.05, 0.1) is 26.3 Å². The quantitative estimate of drug-likeness (QED) is 0.624. The Morgan fingerprint density at radius 3 is 2.32 bits per heavy atom. The number of nitrogens with one attached hydrogen (secondary N) is 2. The summed E-state index contributed by atoms with van der Waals surface area (Å²) in [6.07, 6.45) is 0.222. The van der Waals surface area contributed by atoms with E-state index in [9.17, 15) is 4.79 Å². The maximum atomic E-state index is 12.1. The number of aromatic nitrogens is 2. The molecule has 2 aromatic carbocycles. The van der Waals surface area contributed by atoms with Crippen molar-refractivity contribution in [2.24, 2.45) is 0 Å². The van der Waals surface area contributed by atoms with Gasteiger partial charge in [0.15, 0.2) is 11.6 Å². The highest BCUT2D eigenvalue weighted by atomic mass is 35.5. The highest BCUT2D eigenvalue weighted by molar-refractivity contribution is 6.30. The van der Waals surface area contributed by atoms with E-state index in [1.54, 1.807) is 56.7 Å². The highest BCUT2D eigenvalue weighted by Crippen LogP contribution is 2.30. The lowest BCUT2D eigenvalue weighted by atomic mass is 10.1. The third kappa shape index (κ3) is 5.11. The monoisotopic (exact) mass is 398 g/mol. The molecule has 7 nitrogen and oxygen atoms in total. The fraction of sp³-hybridized carbons (Fsp3) is 0.150. The van der Waals surface area contributed by atoms with Crippen LogP contribution in [0.15, 0.2) is 54.6 Å². The summed E-state index contributed by atoms with van der Waals surface area (Å²) < 4.78 is 10.5. The molecule has 144 valence electrons. The molecule has 0 radical (unpaired) electrons. The number of carbonyl (C=O) groups is 1. The number of hydrogen-bond donors (Lipinski definition) is 2. The molecule has 1 aromatic heterocycles. The van der Waals surface area contributed by atoms with Crippen molar-refractivity contribution in [2.45, 2.75) is 6.42 Å². The van der Waals surface area contributed by atoms with Crippen LogP contribution >= 0.6 is 11.6 Å². The zero-order valence-electron chi connectivity index (χ0n) is 15.4. The maximum absolute atomic E-state index is 12.1. The van der Waals surface area contributed by atoms with Gasteiger partial charge >= 0.3 is 0 Å². The number of nitrogens with zero attached hydrogens (tertiary/aromatic N) is 2. The lowest BCUT2D eigenvalue weighted by Gasteiger charge is -2.12. The molecule has 3 rings (SSSR count). The molecule has 1 heterocycles. The Bertz CT molecular complexity index is 947. The van der Waals surface area contributed by atoms with Crippen LogP contribution in [-0.4, -0.2) is 30.3 Å². The summed E-state index contributed by atoms with van der Waals surface area (Å²) in [4.78, 5) is 12.1. The summed E-state index contributed by atoms with van der Waals surface area (Å²) in [6, 6.07) is 15.9. The van der Waals surface area contributed by atoms with Crippen molar-refractivity contribution in [3.63, 3.8) is 0 Å². The van der Waals surface area contributed by atoms with Crippen LogP contribution in [0.3, 0.4) is 0 Å². The first-order chi connectivity index (χ1) is 13.6. The lowest BCUT2D eigenvalue weighted by Crippen LogP contribution is -2.15. The fourth-order valence-electron chi connectivity index (χ4n) is 2.49. The third-order valence-corrected chi connectivity index (χ3v) is 4.13. The first-order valence-corrected chi connectivity index (χ1v) is 8.82. The average molecular weight is 399 g/mol. The van der Waals surface area contributed by atoms with Crippen LogP contribution in [0.1, 0.15) is 5.56 Å². The van der Waals surface area contributed by atoms with Crippen molar-refractivity contribution in [1.29, 1.82) is 0 Å². The SMILES string of the molecule is COc1ccc(OC)c(Nc2ccc(NC(=O)Cc3ccc(Cl)cc3)nn2)c1. The standard InChI is InChI=1S/C20H19ClN4O3/c1-27-15-7-8-17(28-2)16(12-15)22-18-9-10-19(25-24-18)23-20(26)11-13-3-5-14(21)6-4-13/h3-10,12H,11H2,1-2H3,(H,22,24)(H,23,25,26). The summed E-state index contributed by atoms with van der Waals surface area (Å²) in [5.74, 6) is 2.00. The molecule has 8 heteroatoms. The molecule has 0 saturated heterocycles. The second kappa shape index (κ2) is 9.05. The average Bonchev–Trinajstić information content (AvgIpc) is 2.71. The van der Waals surface area contributed by atoms with Gasteiger partial charge in [-0.3, -0.25) is 4.79 Å². The molecule has 0 aliphatic carbocycles. The molecule has 3 aromatic rings. The van der Waals surface area contributed by atoms with Gasteiger partial charge in [-0.05, 0) is 42.0 Å². The first-order valence-electron chi connectivity index (χ1n) is 8.44. The Labute approximate surface area is 167 Å². The molecule has 0 atom stereocenters. The molecule has 0 fully saturated rings. The Morgan fingerprint density at radius 1 is 0.964 bits per heavy atom. The molecule has 2 N–H and O–H groups in total. The summed E-state index contributed by atoms with van der Waals surface area (Å²) in [5, 5.41) is 14.6. The topological polar surface area (TPSA) is 85.4 Å². The van der Waals surface area contributed by atoms with E-state index >= 15 is 0 Å². The van der Waals surface area contributed by atoms with Crippen LogP contribution < -0.4 is 20.1 Å². The van der Waals surface area contributed by atoms with Crippen molar-refractivity contribution in [2.75, 3.05) is 24.9 Å². The number of carbonyl (C=O) groups excluding carboxylic acids is 1. The molecule has 0 spiro atoms. The molecule has 0 saturated carbocycles. The summed E-state index contributed by atoms with van der Waals surface area (Å²) in [7, 11) is 3.17. The molecule has 0 aliphatic heterocycles. The van der Waals surface area contributed by atoms with Gasteiger partial charge in [-0.1, -0.05) is 23.7 Å². The normalized spacial score (nSPS) is 10.2. The van der Waals surface area contributed by atoms with Gasteiger partial charge in [0.2, 0.25) is 5.91 Å². The highest BCUT2D eigenvalue weighted by Gasteiger charge is 2.08. The van der Waals surface area contributed by atoms with Crippen LogP contribution in [0.2, 0.25) is 5.02 Å². The van der Waals surface area contributed by atoms with E-state index in [1.165, 1.54) is 0 Å². The van der Waals surface area contributed by atoms with Crippen molar-refractivity contribution in [3.05, 3.63) is 65.2 Å². The minimum Gasteiger partial charge on any atom is -0.497 e. The van der Waals surface area contributed by atoms with Gasteiger partial charge in [-0.2, -0.15) is 0 Å². The van der Waals surface area contributed by atoms with Gasteiger partial charge in [-0.25, -0.2) is 0 Å². The Kier molecular flexibility index (Phi) is 6.29. The Balaban J connectivity index is 1.63. The van der Waals surface area contributed by atoms with Gasteiger partial charge in [0.1, 0.15) is 11.5 Å². The molecule has 28 heavy (non-hydrogen) atoms. The van der Waals surface area contributed by atoms with Gasteiger partial charge in [-0.15, -0.1) is 10.2 Å². The smallest absolute Gasteiger partial charge is 0.229 e. The van der Waals surface area contributed by atoms with Gasteiger partial charge in [0.25, 0.3) is 0 Å². The van der Waals surface area contributed by atoms with Crippen LogP contribution in [0.4, 0.5) is 17.3 Å². The number of ether oxygens (including phenoxy) is 2. The summed E-state index contributed by atoms with van der Waals surface area (Å²) >= 11 is 5.85. The van der Waals surface area contributed by atoms with Crippen molar-refractivity contribution in [1.82, 2.24) is 10.2 Å². The number of hydrogen-bond acceptors (Lipinski definition) is 6. The number of halogens is 1. The van der Waals surface area contributed by atoms with Crippen LogP contribution in [-0.2, 0) is 11.2 Å². The van der Waals surface area contributed by atoms with Gasteiger partial charge < -0.3 is 20.1 Å². The second-order valence-electron chi connectivity index (χ2n) is 5.85. The van der Waals surface area contributed by atoms with E-state index in [0.29, 0.717) is 33.8 Å². The lowest BCUT2D eigenvalue weighted by molar-refractivity contribution is -0.115. The van der Waals surface area contributed by atoms with E-state index in [1.807, 2.05) is 12.1 Å². The van der Waals surface area contributed by atoms with Crippen LogP contribution in [0.5, 0.6) is 11.5 Å². The van der Waals surface area contributed by atoms with E-state index < -0.39 is 0 Å². The van der Waals surface area contributed by atoms with E-state index in [2.05, 4.69) is 20.8 Å². The van der Waals surface area contributed by atoms with E-state index in [4.69, 9.17) is 21.1 Å². The predicted molar refractivity (Wildman–Crippen MR) is 109 cm³/mol. The first kappa shape index (κ1) is 19.4. The zero-order valence-corrected chi connectivity index (χ0v) is 16.2. The summed E-state index contributed by atoms with van der Waals surface area (Å²) in [5.41, 5.74) is 1.55. The number of methoxy groups -OCH3 is 2. The van der Waals surface area contributed by atoms with Crippen molar-refractivity contribution in [3.8, 4) is 11.5 Å². The Hall–Kier alpha value is -3.32. The summed E-state index contributed by atoms with van der Waals surface area (Å²) in [6.45, 7) is 0. The third-order valence-electron chi connectivity index (χ3n) is 3.88. The fourth-order valence-corrected chi connectivity index (χ4v) is 2.62. The molecule has 0 bridgehead atoms. The number of anilines is 3. The van der Waals surface area contributed by atoms with Crippen LogP contribution in [0, 0.1) is 0 Å². The number of rotatable bonds is 7. The molecule has 0 aliphatic rings. The molecular weight excluding hydrogens is 380 g/mol. The van der Waals surface area contributed by atoms with Crippen LogP contribution in [0.25, 0.3) is 0 Å². The molecule has 1 amide bonds. The maximum Gasteiger partial charge on any atom is 0.229 e. The zero-order chi connectivity index (χ0) is 19.9. The minimum absolute atomic E-state index is 0.188. The predicted octanol–water partition coefficient (Wildman–Crippen LogP) is 4.07. The Morgan fingerprint density at radius 2 is 1.68 bits per heavy atom.